The van der Waals surface area contributed by atoms with Crippen molar-refractivity contribution in [1.29, 1.82) is 0 Å². The summed E-state index contributed by atoms with van der Waals surface area (Å²) in [6.07, 6.45) is 7.98. The third kappa shape index (κ3) is 1.56. The summed E-state index contributed by atoms with van der Waals surface area (Å²) in [6.45, 7) is 2.28. The second-order valence-electron chi connectivity index (χ2n) is 4.69. The summed E-state index contributed by atoms with van der Waals surface area (Å²) in [6, 6.07) is 6.75. The van der Waals surface area contributed by atoms with Gasteiger partial charge in [0.1, 0.15) is 11.5 Å². The number of nitrogens with zero attached hydrogens (tertiary/aromatic N) is 2. The highest BCUT2D eigenvalue weighted by molar-refractivity contribution is 5.50. The SMILES string of the molecule is CC(Nc1cccc2nccn12)C1CCC1. The maximum atomic E-state index is 4.29. The molecular formula is C13H17N3. The van der Waals surface area contributed by atoms with Crippen molar-refractivity contribution in [1.82, 2.24) is 9.38 Å². The number of aromatic nitrogens is 2. The Morgan fingerprint density at radius 3 is 3.06 bits per heavy atom. The molecule has 0 aromatic carbocycles. The van der Waals surface area contributed by atoms with Gasteiger partial charge in [-0.3, -0.25) is 4.40 Å². The molecular weight excluding hydrogens is 198 g/mol. The van der Waals surface area contributed by atoms with E-state index < -0.39 is 0 Å². The zero-order chi connectivity index (χ0) is 11.0. The second-order valence-corrected chi connectivity index (χ2v) is 4.69. The number of pyridine rings is 1. The molecule has 1 aliphatic carbocycles. The lowest BCUT2D eigenvalue weighted by molar-refractivity contribution is 0.285. The quantitative estimate of drug-likeness (QED) is 0.853. The summed E-state index contributed by atoms with van der Waals surface area (Å²) in [5, 5.41) is 3.60. The highest BCUT2D eigenvalue weighted by atomic mass is 15.1. The van der Waals surface area contributed by atoms with Gasteiger partial charge in [0.15, 0.2) is 0 Å². The molecule has 84 valence electrons. The molecule has 16 heavy (non-hydrogen) atoms. The predicted octanol–water partition coefficient (Wildman–Crippen LogP) is 2.93. The van der Waals surface area contributed by atoms with Gasteiger partial charge in [-0.15, -0.1) is 0 Å². The molecule has 0 bridgehead atoms. The Labute approximate surface area is 95.5 Å². The number of hydrogen-bond donors (Lipinski definition) is 1. The van der Waals surface area contributed by atoms with Crippen LogP contribution < -0.4 is 5.32 Å². The molecule has 0 amide bonds. The maximum Gasteiger partial charge on any atom is 0.138 e. The lowest BCUT2D eigenvalue weighted by Gasteiger charge is -2.32. The topological polar surface area (TPSA) is 29.3 Å². The summed E-state index contributed by atoms with van der Waals surface area (Å²) >= 11 is 0. The molecule has 0 radical (unpaired) electrons. The summed E-state index contributed by atoms with van der Waals surface area (Å²) in [5.74, 6) is 1.99. The molecule has 0 spiro atoms. The molecule has 1 aliphatic rings. The average Bonchev–Trinajstić information content (AvgIpc) is 2.63. The normalized spacial score (nSPS) is 18.3. The molecule has 2 aromatic heterocycles. The van der Waals surface area contributed by atoms with Gasteiger partial charge in [-0.2, -0.15) is 0 Å². The molecule has 2 aromatic rings. The fraction of sp³-hybridized carbons (Fsp3) is 0.462. The van der Waals surface area contributed by atoms with Crippen LogP contribution in [0.2, 0.25) is 0 Å². The lowest BCUT2D eigenvalue weighted by atomic mass is 9.80. The van der Waals surface area contributed by atoms with Crippen LogP contribution in [0.4, 0.5) is 5.82 Å². The summed E-state index contributed by atoms with van der Waals surface area (Å²) in [5.41, 5.74) is 1.01. The van der Waals surface area contributed by atoms with Crippen molar-refractivity contribution < 1.29 is 0 Å². The highest BCUT2D eigenvalue weighted by Gasteiger charge is 2.23. The molecule has 3 rings (SSSR count). The van der Waals surface area contributed by atoms with Gasteiger partial charge in [0, 0.05) is 18.4 Å². The molecule has 2 heterocycles. The highest BCUT2D eigenvalue weighted by Crippen LogP contribution is 2.31. The lowest BCUT2D eigenvalue weighted by Crippen LogP contribution is -2.31. The molecule has 1 N–H and O–H groups in total. The van der Waals surface area contributed by atoms with Crippen molar-refractivity contribution in [2.45, 2.75) is 32.2 Å². The van der Waals surface area contributed by atoms with E-state index in [-0.39, 0.29) is 0 Å². The van der Waals surface area contributed by atoms with E-state index in [9.17, 15) is 0 Å². The molecule has 3 heteroatoms. The Kier molecular flexibility index (Phi) is 2.31. The van der Waals surface area contributed by atoms with E-state index in [1.54, 1.807) is 0 Å². The van der Waals surface area contributed by atoms with Crippen LogP contribution in [0.25, 0.3) is 5.65 Å². The Bertz CT molecular complexity index is 485. The minimum atomic E-state index is 0.557. The largest absolute Gasteiger partial charge is 0.368 e. The van der Waals surface area contributed by atoms with E-state index in [2.05, 4.69) is 33.8 Å². The zero-order valence-corrected chi connectivity index (χ0v) is 9.56. The van der Waals surface area contributed by atoms with Gasteiger partial charge >= 0.3 is 0 Å². The van der Waals surface area contributed by atoms with Gasteiger partial charge in [-0.1, -0.05) is 12.5 Å². The van der Waals surface area contributed by atoms with Crippen LogP contribution in [0.5, 0.6) is 0 Å². The average molecular weight is 215 g/mol. The number of nitrogens with one attached hydrogen (secondary N) is 1. The van der Waals surface area contributed by atoms with Crippen molar-refractivity contribution >= 4 is 11.5 Å². The van der Waals surface area contributed by atoms with E-state index in [1.807, 2.05) is 18.5 Å². The van der Waals surface area contributed by atoms with Crippen LogP contribution in [0, 0.1) is 5.92 Å². The first-order chi connectivity index (χ1) is 7.84. The third-order valence-electron chi connectivity index (χ3n) is 3.66. The smallest absolute Gasteiger partial charge is 0.138 e. The predicted molar refractivity (Wildman–Crippen MR) is 65.6 cm³/mol. The molecule has 3 nitrogen and oxygen atoms in total. The standard InChI is InChI=1S/C13H17N3/c1-10(11-4-2-5-11)15-13-7-3-6-12-14-8-9-16(12)13/h3,6-11,15H,2,4-5H2,1H3. The molecule has 1 saturated carbocycles. The minimum absolute atomic E-state index is 0.557. The Balaban J connectivity index is 1.85. The number of rotatable bonds is 3. The van der Waals surface area contributed by atoms with Gasteiger partial charge in [0.25, 0.3) is 0 Å². The molecule has 1 atom stereocenters. The van der Waals surface area contributed by atoms with Crippen LogP contribution in [-0.4, -0.2) is 15.4 Å². The van der Waals surface area contributed by atoms with Crippen molar-refractivity contribution in [2.24, 2.45) is 5.92 Å². The van der Waals surface area contributed by atoms with Gasteiger partial charge < -0.3 is 5.32 Å². The Hall–Kier alpha value is -1.51. The summed E-state index contributed by atoms with van der Waals surface area (Å²) in [4.78, 5) is 4.29. The molecule has 0 saturated heterocycles. The van der Waals surface area contributed by atoms with Gasteiger partial charge in [-0.25, -0.2) is 4.98 Å². The van der Waals surface area contributed by atoms with Gasteiger partial charge in [0.05, 0.1) is 0 Å². The third-order valence-corrected chi connectivity index (χ3v) is 3.66. The van der Waals surface area contributed by atoms with E-state index in [0.29, 0.717) is 6.04 Å². The van der Waals surface area contributed by atoms with Gasteiger partial charge in [-0.05, 0) is 37.8 Å². The first kappa shape index (κ1) is 9.70. The van der Waals surface area contributed by atoms with Crippen LogP contribution >= 0.6 is 0 Å². The van der Waals surface area contributed by atoms with Crippen LogP contribution in [-0.2, 0) is 0 Å². The first-order valence-corrected chi connectivity index (χ1v) is 6.03. The van der Waals surface area contributed by atoms with E-state index in [0.717, 1.165) is 17.4 Å². The van der Waals surface area contributed by atoms with Crippen LogP contribution in [0.3, 0.4) is 0 Å². The van der Waals surface area contributed by atoms with Crippen molar-refractivity contribution in [2.75, 3.05) is 5.32 Å². The Morgan fingerprint density at radius 1 is 1.44 bits per heavy atom. The monoisotopic (exact) mass is 215 g/mol. The van der Waals surface area contributed by atoms with Crippen LogP contribution in [0.1, 0.15) is 26.2 Å². The summed E-state index contributed by atoms with van der Waals surface area (Å²) < 4.78 is 2.11. The molecule has 0 aliphatic heterocycles. The zero-order valence-electron chi connectivity index (χ0n) is 9.56. The van der Waals surface area contributed by atoms with E-state index in [4.69, 9.17) is 0 Å². The molecule has 1 unspecified atom stereocenters. The maximum absolute atomic E-state index is 4.29. The second kappa shape index (κ2) is 3.81. The number of imidazole rings is 1. The van der Waals surface area contributed by atoms with Crippen molar-refractivity contribution in [3.05, 3.63) is 30.6 Å². The van der Waals surface area contributed by atoms with Crippen molar-refractivity contribution in [3.8, 4) is 0 Å². The molecule has 1 fully saturated rings. The first-order valence-electron chi connectivity index (χ1n) is 6.03. The number of fused-ring (bicyclic) bond motifs is 1. The van der Waals surface area contributed by atoms with E-state index in [1.165, 1.54) is 19.3 Å². The van der Waals surface area contributed by atoms with Gasteiger partial charge in [0.2, 0.25) is 0 Å². The number of anilines is 1. The van der Waals surface area contributed by atoms with E-state index >= 15 is 0 Å². The fourth-order valence-corrected chi connectivity index (χ4v) is 2.36. The minimum Gasteiger partial charge on any atom is -0.368 e. The summed E-state index contributed by atoms with van der Waals surface area (Å²) in [7, 11) is 0. The number of hydrogen-bond acceptors (Lipinski definition) is 2. The van der Waals surface area contributed by atoms with Crippen LogP contribution in [0.15, 0.2) is 30.6 Å². The van der Waals surface area contributed by atoms with Crippen molar-refractivity contribution in [3.63, 3.8) is 0 Å². The Morgan fingerprint density at radius 2 is 2.31 bits per heavy atom. The fourth-order valence-electron chi connectivity index (χ4n) is 2.36.